The van der Waals surface area contributed by atoms with E-state index in [1.165, 1.54) is 38.5 Å². The van der Waals surface area contributed by atoms with Crippen molar-refractivity contribution < 1.29 is 8.85 Å². The third kappa shape index (κ3) is 6.13. The summed E-state index contributed by atoms with van der Waals surface area (Å²) in [5.74, 6) is 0. The van der Waals surface area contributed by atoms with Gasteiger partial charge in [-0.3, -0.25) is 0 Å². The fraction of sp³-hybridized carbons (Fsp3) is 0.833. The van der Waals surface area contributed by atoms with E-state index in [9.17, 15) is 0 Å². The molecular weight excluding hydrogens is 204 g/mol. The van der Waals surface area contributed by atoms with Crippen molar-refractivity contribution in [1.29, 1.82) is 0 Å². The maximum absolute atomic E-state index is 5.46. The summed E-state index contributed by atoms with van der Waals surface area (Å²) in [6.45, 7) is 6.06. The second kappa shape index (κ2) is 9.13. The van der Waals surface area contributed by atoms with E-state index in [1.54, 1.807) is 14.2 Å². The van der Waals surface area contributed by atoms with Gasteiger partial charge in [0.15, 0.2) is 0 Å². The molecule has 0 aliphatic rings. The largest absolute Gasteiger partial charge is 0.395 e. The summed E-state index contributed by atoms with van der Waals surface area (Å²) in [5, 5.41) is 0. The van der Waals surface area contributed by atoms with Crippen molar-refractivity contribution in [2.45, 2.75) is 51.5 Å². The normalized spacial score (nSPS) is 11.7. The fourth-order valence-corrected chi connectivity index (χ4v) is 3.56. The van der Waals surface area contributed by atoms with Gasteiger partial charge >= 0.3 is 8.56 Å². The van der Waals surface area contributed by atoms with Crippen LogP contribution in [-0.4, -0.2) is 22.8 Å². The van der Waals surface area contributed by atoms with Crippen LogP contribution < -0.4 is 0 Å². The Morgan fingerprint density at radius 2 is 1.53 bits per heavy atom. The van der Waals surface area contributed by atoms with Gasteiger partial charge in [-0.2, -0.15) is 0 Å². The van der Waals surface area contributed by atoms with Crippen LogP contribution in [0.5, 0.6) is 0 Å². The van der Waals surface area contributed by atoms with Crippen LogP contribution in [0.2, 0.25) is 6.04 Å². The van der Waals surface area contributed by atoms with E-state index in [1.807, 2.05) is 5.70 Å². The highest BCUT2D eigenvalue weighted by atomic mass is 28.4. The Balaban J connectivity index is 3.58. The van der Waals surface area contributed by atoms with Gasteiger partial charge in [0.05, 0.1) is 0 Å². The molecule has 0 bridgehead atoms. The Hall–Kier alpha value is -0.123. The van der Waals surface area contributed by atoms with Crippen molar-refractivity contribution in [3.8, 4) is 0 Å². The second-order valence-corrected chi connectivity index (χ2v) is 7.29. The van der Waals surface area contributed by atoms with E-state index in [4.69, 9.17) is 8.85 Å². The number of hydrogen-bond acceptors (Lipinski definition) is 2. The topological polar surface area (TPSA) is 18.5 Å². The summed E-state index contributed by atoms with van der Waals surface area (Å²) < 4.78 is 10.9. The summed E-state index contributed by atoms with van der Waals surface area (Å²) in [6.07, 6.45) is 7.85. The van der Waals surface area contributed by atoms with Crippen LogP contribution >= 0.6 is 0 Å². The summed E-state index contributed by atoms with van der Waals surface area (Å²) in [5.41, 5.74) is 1.89. The molecule has 0 aliphatic carbocycles. The summed E-state index contributed by atoms with van der Waals surface area (Å²) >= 11 is 0. The highest BCUT2D eigenvalue weighted by molar-refractivity contribution is 6.72. The molecule has 15 heavy (non-hydrogen) atoms. The molecule has 2 nitrogen and oxygen atoms in total. The molecular formula is C12H26O2Si. The minimum atomic E-state index is -2.02. The van der Waals surface area contributed by atoms with Gasteiger partial charge in [0.2, 0.25) is 0 Å². The summed E-state index contributed by atoms with van der Waals surface area (Å²) in [4.78, 5) is 0. The van der Waals surface area contributed by atoms with Crippen LogP contribution in [0.3, 0.4) is 0 Å². The van der Waals surface area contributed by atoms with Crippen molar-refractivity contribution in [2.75, 3.05) is 14.2 Å². The smallest absolute Gasteiger partial charge is 0.363 e. The minimum Gasteiger partial charge on any atom is -0.395 e. The first kappa shape index (κ1) is 14.9. The second-order valence-electron chi connectivity index (χ2n) is 3.94. The predicted molar refractivity (Wildman–Crippen MR) is 68.2 cm³/mol. The molecule has 0 aliphatic heterocycles. The SMILES string of the molecule is C=C[Si](CCCCCCCC)(OC)OC. The molecule has 0 heterocycles. The molecule has 90 valence electrons. The van der Waals surface area contributed by atoms with Crippen LogP contribution in [0, 0.1) is 0 Å². The molecule has 3 heteroatoms. The lowest BCUT2D eigenvalue weighted by Crippen LogP contribution is -2.37. The Kier molecular flexibility index (Phi) is 9.05. The zero-order valence-electron chi connectivity index (χ0n) is 10.6. The highest BCUT2D eigenvalue weighted by Gasteiger charge is 2.30. The van der Waals surface area contributed by atoms with Crippen LogP contribution in [0.1, 0.15) is 45.4 Å². The standard InChI is InChI=1S/C12H26O2Si/c1-5-7-8-9-10-11-12-15(6-2,13-3)14-4/h6H,2,5,7-12H2,1,3-4H3. The molecule has 0 rings (SSSR count). The van der Waals surface area contributed by atoms with Gasteiger partial charge in [-0.05, 0) is 11.7 Å². The molecule has 0 aromatic rings. The number of hydrogen-bond donors (Lipinski definition) is 0. The van der Waals surface area contributed by atoms with Gasteiger partial charge < -0.3 is 8.85 Å². The molecule has 0 saturated heterocycles. The van der Waals surface area contributed by atoms with Crippen molar-refractivity contribution in [2.24, 2.45) is 0 Å². The van der Waals surface area contributed by atoms with Crippen molar-refractivity contribution in [3.05, 3.63) is 12.3 Å². The van der Waals surface area contributed by atoms with Gasteiger partial charge in [0.1, 0.15) is 0 Å². The molecule has 0 aromatic heterocycles. The minimum absolute atomic E-state index is 1.04. The van der Waals surface area contributed by atoms with Gasteiger partial charge in [-0.1, -0.05) is 45.4 Å². The molecule has 0 fully saturated rings. The predicted octanol–water partition coefficient (Wildman–Crippen LogP) is 3.81. The lowest BCUT2D eigenvalue weighted by Gasteiger charge is -2.23. The third-order valence-electron chi connectivity index (χ3n) is 2.88. The van der Waals surface area contributed by atoms with Crippen LogP contribution in [0.15, 0.2) is 12.3 Å². The Morgan fingerprint density at radius 3 is 2.00 bits per heavy atom. The quantitative estimate of drug-likeness (QED) is 0.420. The molecule has 0 unspecified atom stereocenters. The van der Waals surface area contributed by atoms with Crippen LogP contribution in [-0.2, 0) is 8.85 Å². The maximum atomic E-state index is 5.46. The van der Waals surface area contributed by atoms with E-state index in [-0.39, 0.29) is 0 Å². The van der Waals surface area contributed by atoms with E-state index < -0.39 is 8.56 Å². The third-order valence-corrected chi connectivity index (χ3v) is 5.94. The van der Waals surface area contributed by atoms with Crippen LogP contribution in [0.25, 0.3) is 0 Å². The Bertz CT molecular complexity index is 156. The van der Waals surface area contributed by atoms with Crippen molar-refractivity contribution in [1.82, 2.24) is 0 Å². The first-order valence-electron chi connectivity index (χ1n) is 5.98. The van der Waals surface area contributed by atoms with Gasteiger partial charge in [0.25, 0.3) is 0 Å². The van der Waals surface area contributed by atoms with E-state index in [0.29, 0.717) is 0 Å². The lowest BCUT2D eigenvalue weighted by atomic mass is 10.1. The average molecular weight is 230 g/mol. The maximum Gasteiger partial charge on any atom is 0.363 e. The van der Waals surface area contributed by atoms with Crippen molar-refractivity contribution >= 4 is 8.56 Å². The van der Waals surface area contributed by atoms with E-state index in [0.717, 1.165) is 6.04 Å². The number of unbranched alkanes of at least 4 members (excludes halogenated alkanes) is 5. The molecule has 0 N–H and O–H groups in total. The Labute approximate surface area is 95.9 Å². The molecule has 0 aromatic carbocycles. The van der Waals surface area contributed by atoms with E-state index in [2.05, 4.69) is 13.5 Å². The first-order valence-corrected chi connectivity index (χ1v) is 8.08. The lowest BCUT2D eigenvalue weighted by molar-refractivity contribution is 0.254. The number of rotatable bonds is 10. The fourth-order valence-electron chi connectivity index (χ4n) is 1.71. The first-order chi connectivity index (χ1) is 7.24. The van der Waals surface area contributed by atoms with Crippen LogP contribution in [0.4, 0.5) is 0 Å². The zero-order valence-corrected chi connectivity index (χ0v) is 11.6. The zero-order chi connectivity index (χ0) is 11.6. The molecule has 0 atom stereocenters. The average Bonchev–Trinajstić information content (AvgIpc) is 2.29. The van der Waals surface area contributed by atoms with Crippen molar-refractivity contribution in [3.63, 3.8) is 0 Å². The molecule has 0 saturated carbocycles. The highest BCUT2D eigenvalue weighted by Crippen LogP contribution is 2.18. The molecule has 0 amide bonds. The van der Waals surface area contributed by atoms with E-state index >= 15 is 0 Å². The summed E-state index contributed by atoms with van der Waals surface area (Å²) in [6, 6.07) is 1.04. The van der Waals surface area contributed by atoms with Gasteiger partial charge in [-0.25, -0.2) is 0 Å². The summed E-state index contributed by atoms with van der Waals surface area (Å²) in [7, 11) is 1.44. The molecule has 0 radical (unpaired) electrons. The van der Waals surface area contributed by atoms with Gasteiger partial charge in [-0.15, -0.1) is 6.58 Å². The monoisotopic (exact) mass is 230 g/mol. The van der Waals surface area contributed by atoms with Gasteiger partial charge in [0, 0.05) is 14.2 Å². The Morgan fingerprint density at radius 1 is 1.00 bits per heavy atom. The molecule has 0 spiro atoms.